The summed E-state index contributed by atoms with van der Waals surface area (Å²) >= 11 is -4.27. The van der Waals surface area contributed by atoms with Crippen molar-refractivity contribution in [2.45, 2.75) is 111 Å². The molecule has 0 bridgehead atoms. The van der Waals surface area contributed by atoms with E-state index in [2.05, 4.69) is 114 Å². The summed E-state index contributed by atoms with van der Waals surface area (Å²) in [5.74, 6) is 2.06. The van der Waals surface area contributed by atoms with Crippen LogP contribution < -0.4 is 5.63 Å². The molecular weight excluding hydrogens is 580 g/mol. The van der Waals surface area contributed by atoms with Gasteiger partial charge in [-0.1, -0.05) is 0 Å². The number of hydrogen-bond acceptors (Lipinski definition) is 2. The van der Waals surface area contributed by atoms with Crippen molar-refractivity contribution < 1.29 is 26.8 Å². The van der Waals surface area contributed by atoms with Crippen LogP contribution in [0, 0.1) is 0 Å². The van der Waals surface area contributed by atoms with Crippen LogP contribution >= 0.6 is 0 Å². The number of para-hydroxylation sites is 2. The molecule has 4 aliphatic carbocycles. The molecule has 0 radical (unpaired) electrons. The topological polar surface area (TPSA) is 18.5 Å². The van der Waals surface area contributed by atoms with Crippen molar-refractivity contribution in [2.75, 3.05) is 0 Å². The van der Waals surface area contributed by atoms with Crippen LogP contribution in [0.1, 0.15) is 104 Å². The minimum atomic E-state index is -4.27. The predicted molar refractivity (Wildman–Crippen MR) is 168 cm³/mol. The number of benzene rings is 2. The average Bonchev–Trinajstić information content (AvgIpc) is 3.57. The van der Waals surface area contributed by atoms with E-state index in [4.69, 9.17) is 5.63 Å². The number of allylic oxidation sites excluding steroid dienone is 8. The molecule has 0 saturated carbocycles. The third-order valence-electron chi connectivity index (χ3n) is 9.64. The summed E-state index contributed by atoms with van der Waals surface area (Å²) in [7, 11) is 0. The van der Waals surface area contributed by atoms with Gasteiger partial charge in [-0.15, -0.1) is 0 Å². The molecule has 2 nitrogen and oxygen atoms in total. The van der Waals surface area contributed by atoms with E-state index >= 15 is 0 Å². The van der Waals surface area contributed by atoms with Crippen molar-refractivity contribution in [1.82, 2.24) is 0 Å². The molecule has 6 rings (SSSR count). The molecule has 2 aromatic rings. The Morgan fingerprint density at radius 2 is 0.951 bits per heavy atom. The van der Waals surface area contributed by atoms with Crippen LogP contribution in [0.4, 0.5) is 0 Å². The molecule has 0 saturated heterocycles. The van der Waals surface area contributed by atoms with E-state index in [9.17, 15) is 0 Å². The van der Waals surface area contributed by atoms with Gasteiger partial charge in [-0.25, -0.2) is 0 Å². The molecule has 0 aliphatic heterocycles. The zero-order valence-electron chi connectivity index (χ0n) is 26.1. The predicted octanol–water partition coefficient (Wildman–Crippen LogP) is 11.2. The zero-order valence-corrected chi connectivity index (χ0v) is 28.5. The molecule has 0 fully saturated rings. The summed E-state index contributed by atoms with van der Waals surface area (Å²) in [5.41, 5.74) is 8.84. The van der Waals surface area contributed by atoms with Crippen molar-refractivity contribution in [3.63, 3.8) is 0 Å². The fraction of sp³-hybridized carbons (Fsp3) is 0.474. The van der Waals surface area contributed by atoms with E-state index in [1.165, 1.54) is 62.5 Å². The van der Waals surface area contributed by atoms with Gasteiger partial charge in [0.2, 0.25) is 0 Å². The van der Waals surface area contributed by atoms with Gasteiger partial charge in [-0.05, 0) is 0 Å². The van der Waals surface area contributed by atoms with Crippen LogP contribution in [0.15, 0.2) is 95.1 Å². The van der Waals surface area contributed by atoms with Crippen LogP contribution in [-0.4, -0.2) is 0 Å². The first-order chi connectivity index (χ1) is 19.6. The molecule has 0 aromatic heterocycles. The van der Waals surface area contributed by atoms with Crippen LogP contribution in [0.5, 0.6) is 11.5 Å². The van der Waals surface area contributed by atoms with Gasteiger partial charge in [0.25, 0.3) is 0 Å². The first kappa shape index (κ1) is 29.0. The third-order valence-corrected chi connectivity index (χ3v) is 19.2. The normalized spacial score (nSPS) is 22.7. The summed E-state index contributed by atoms with van der Waals surface area (Å²) in [6.07, 6.45) is 19.7. The molecule has 2 atom stereocenters. The molecule has 0 N–H and O–H groups in total. The first-order valence-electron chi connectivity index (χ1n) is 16.0. The second kappa shape index (κ2) is 11.2. The van der Waals surface area contributed by atoms with E-state index in [1.807, 2.05) is 0 Å². The maximum atomic E-state index is 7.81. The Morgan fingerprint density at radius 1 is 0.561 bits per heavy atom. The fourth-order valence-electron chi connectivity index (χ4n) is 7.57. The second-order valence-electron chi connectivity index (χ2n) is 14.6. The quantitative estimate of drug-likeness (QED) is 0.317. The van der Waals surface area contributed by atoms with Crippen LogP contribution in [0.2, 0.25) is 7.25 Å². The Labute approximate surface area is 254 Å². The van der Waals surface area contributed by atoms with Crippen LogP contribution in [0.25, 0.3) is 0 Å². The summed E-state index contributed by atoms with van der Waals surface area (Å²) < 4.78 is 16.1. The van der Waals surface area contributed by atoms with Crippen molar-refractivity contribution >= 4 is 0 Å². The molecule has 216 valence electrons. The monoisotopic (exact) mass is 626 g/mol. The Balaban J connectivity index is 1.60. The van der Waals surface area contributed by atoms with Crippen molar-refractivity contribution in [3.8, 4) is 11.5 Å². The Morgan fingerprint density at radius 3 is 1.37 bits per heavy atom. The van der Waals surface area contributed by atoms with Gasteiger partial charge in [0.1, 0.15) is 0 Å². The van der Waals surface area contributed by atoms with Gasteiger partial charge in [0.15, 0.2) is 0 Å². The van der Waals surface area contributed by atoms with Crippen molar-refractivity contribution in [2.24, 2.45) is 0 Å². The van der Waals surface area contributed by atoms with E-state index in [-0.39, 0.29) is 18.1 Å². The molecular formula is C38H48O2Zr. The molecule has 4 aliphatic rings. The summed E-state index contributed by atoms with van der Waals surface area (Å²) in [4.78, 5) is 0. The van der Waals surface area contributed by atoms with E-state index in [0.717, 1.165) is 11.5 Å². The summed E-state index contributed by atoms with van der Waals surface area (Å²) in [6.45, 7) is 13.8. The minimum absolute atomic E-state index is 0.0287. The molecule has 0 heterocycles. The van der Waals surface area contributed by atoms with Gasteiger partial charge >= 0.3 is 256 Å². The molecule has 2 aromatic carbocycles. The molecule has 0 amide bonds. The molecule has 2 unspecified atom stereocenters. The van der Waals surface area contributed by atoms with Gasteiger partial charge in [0, 0.05) is 0 Å². The van der Waals surface area contributed by atoms with E-state index in [1.54, 1.807) is 22.3 Å². The third kappa shape index (κ3) is 5.53. The summed E-state index contributed by atoms with van der Waals surface area (Å²) in [6, 6.07) is 17.6. The Kier molecular flexibility index (Phi) is 7.90. The second-order valence-corrected chi connectivity index (χ2v) is 22.2. The standard InChI is InChI=1S/2C10H14O.2C9H11.Zr/c2*1-10(2,3)8-6-4-5-7-9(8)11;2*1-2-5-9-7-3-6-8(9)4-1;/h2*4-7,11H,1-3H3;2*3,6-7H,1-2,4-5H2;/q;;;;+2/p-2. The van der Waals surface area contributed by atoms with Crippen molar-refractivity contribution in [1.29, 1.82) is 0 Å². The number of rotatable bonds is 6. The van der Waals surface area contributed by atoms with E-state index < -0.39 is 21.1 Å². The van der Waals surface area contributed by atoms with E-state index in [0.29, 0.717) is 0 Å². The van der Waals surface area contributed by atoms with Gasteiger partial charge in [-0.3, -0.25) is 0 Å². The number of hydrogen-bond donors (Lipinski definition) is 0. The van der Waals surface area contributed by atoms with Crippen molar-refractivity contribution in [3.05, 3.63) is 106 Å². The van der Waals surface area contributed by atoms with Gasteiger partial charge in [0.05, 0.1) is 0 Å². The van der Waals surface area contributed by atoms with Crippen LogP contribution in [0.3, 0.4) is 0 Å². The van der Waals surface area contributed by atoms with Crippen LogP contribution in [-0.2, 0) is 32.0 Å². The molecule has 0 spiro atoms. The first-order valence-corrected chi connectivity index (χ1v) is 20.8. The SMILES string of the molecule is CC(C)(C)c1ccccc1[O][Zr]([O]c1ccccc1C(C)(C)C)([CH]1C=CC2=C1CCCC2)[CH]1C=CC2=C1CCCC2. The molecule has 41 heavy (non-hydrogen) atoms. The Hall–Kier alpha value is -2.12. The average molecular weight is 628 g/mol. The zero-order chi connectivity index (χ0) is 28.8. The molecule has 3 heteroatoms. The summed E-state index contributed by atoms with van der Waals surface area (Å²) in [5, 5.41) is 0. The fourth-order valence-corrected chi connectivity index (χ4v) is 18.2. The Bertz CT molecular complexity index is 1320. The van der Waals surface area contributed by atoms with Gasteiger partial charge in [-0.2, -0.15) is 0 Å². The maximum absolute atomic E-state index is 7.81. The van der Waals surface area contributed by atoms with Gasteiger partial charge < -0.3 is 0 Å².